The van der Waals surface area contributed by atoms with Crippen molar-refractivity contribution in [3.63, 3.8) is 0 Å². The summed E-state index contributed by atoms with van der Waals surface area (Å²) in [6.07, 6.45) is 0.736. The molecule has 1 heterocycles. The smallest absolute Gasteiger partial charge is 0.258 e. The Morgan fingerprint density at radius 1 is 0.957 bits per heavy atom. The molecular weight excluding hydrogens is 286 g/mol. The molecule has 0 bridgehead atoms. The molecule has 0 aliphatic heterocycles. The second-order valence-corrected chi connectivity index (χ2v) is 5.79. The normalized spacial score (nSPS) is 12.5. The van der Waals surface area contributed by atoms with Crippen LogP contribution in [-0.4, -0.2) is 16.8 Å². The summed E-state index contributed by atoms with van der Waals surface area (Å²) in [4.78, 5) is 13.0. The van der Waals surface area contributed by atoms with Crippen molar-refractivity contribution in [2.24, 2.45) is 5.73 Å². The zero-order valence-corrected chi connectivity index (χ0v) is 12.7. The lowest BCUT2D eigenvalue weighted by Gasteiger charge is -2.15. The first kappa shape index (κ1) is 13.9. The maximum Gasteiger partial charge on any atom is 0.258 e. The molecule has 0 saturated heterocycles. The third-order valence-electron chi connectivity index (χ3n) is 4.47. The highest BCUT2D eigenvalue weighted by Gasteiger charge is 2.29. The summed E-state index contributed by atoms with van der Waals surface area (Å²) >= 11 is 0. The fraction of sp³-hybridized carbons (Fsp3) is 0.158. The summed E-state index contributed by atoms with van der Waals surface area (Å²) in [5.41, 5.74) is 9.72. The predicted octanol–water partition coefficient (Wildman–Crippen LogP) is 2.75. The molecule has 4 heteroatoms. The molecule has 0 saturated carbocycles. The molecule has 3 N–H and O–H groups in total. The lowest BCUT2D eigenvalue weighted by Crippen LogP contribution is -2.24. The van der Waals surface area contributed by atoms with Gasteiger partial charge in [-0.3, -0.25) is 10.2 Å². The van der Waals surface area contributed by atoms with Gasteiger partial charge in [0, 0.05) is 28.6 Å². The van der Waals surface area contributed by atoms with Crippen LogP contribution in [0.15, 0.2) is 53.3 Å². The van der Waals surface area contributed by atoms with Gasteiger partial charge in [-0.25, -0.2) is 0 Å². The van der Waals surface area contributed by atoms with Crippen LogP contribution < -0.4 is 11.3 Å². The molecule has 4 nitrogen and oxygen atoms in total. The Hall–Kier alpha value is -2.72. The largest absolute Gasteiger partial charge is 0.330 e. The van der Waals surface area contributed by atoms with Gasteiger partial charge in [-0.2, -0.15) is 0 Å². The summed E-state index contributed by atoms with van der Waals surface area (Å²) in [6, 6.07) is 15.4. The van der Waals surface area contributed by atoms with Crippen molar-refractivity contribution in [1.29, 1.82) is 5.41 Å². The van der Waals surface area contributed by atoms with Gasteiger partial charge in [0.15, 0.2) is 0 Å². The van der Waals surface area contributed by atoms with E-state index in [1.807, 2.05) is 48.5 Å². The molecule has 3 aromatic rings. The van der Waals surface area contributed by atoms with E-state index in [-0.39, 0.29) is 5.56 Å². The van der Waals surface area contributed by atoms with Crippen molar-refractivity contribution in [1.82, 2.24) is 4.57 Å². The fourth-order valence-corrected chi connectivity index (χ4v) is 3.44. The Bertz CT molecular complexity index is 1000. The number of nitrogens with one attached hydrogen (secondary N) is 1. The van der Waals surface area contributed by atoms with E-state index in [1.54, 1.807) is 4.57 Å². The first-order valence-corrected chi connectivity index (χ1v) is 7.78. The van der Waals surface area contributed by atoms with E-state index in [0.29, 0.717) is 24.2 Å². The van der Waals surface area contributed by atoms with Gasteiger partial charge >= 0.3 is 0 Å². The maximum absolute atomic E-state index is 13.0. The van der Waals surface area contributed by atoms with Crippen LogP contribution in [-0.2, 0) is 6.54 Å². The molecule has 0 amide bonds. The van der Waals surface area contributed by atoms with E-state index in [0.717, 1.165) is 34.2 Å². The Labute approximate surface area is 133 Å². The summed E-state index contributed by atoms with van der Waals surface area (Å²) in [5, 5.41) is 10.1. The molecule has 4 rings (SSSR count). The van der Waals surface area contributed by atoms with Crippen molar-refractivity contribution in [3.8, 4) is 11.3 Å². The quantitative estimate of drug-likeness (QED) is 0.611. The number of hydrogen-bond acceptors (Lipinski definition) is 3. The van der Waals surface area contributed by atoms with E-state index >= 15 is 0 Å². The van der Waals surface area contributed by atoms with Gasteiger partial charge in [0.1, 0.15) is 0 Å². The first-order valence-electron chi connectivity index (χ1n) is 7.78. The fourth-order valence-electron chi connectivity index (χ4n) is 3.44. The molecule has 1 aliphatic carbocycles. The molecule has 0 unspecified atom stereocenters. The van der Waals surface area contributed by atoms with Gasteiger partial charge in [0.2, 0.25) is 0 Å². The summed E-state index contributed by atoms with van der Waals surface area (Å²) in [6.45, 7) is 1.11. The van der Waals surface area contributed by atoms with Crippen LogP contribution in [0.3, 0.4) is 0 Å². The predicted molar refractivity (Wildman–Crippen MR) is 93.2 cm³/mol. The highest BCUT2D eigenvalue weighted by molar-refractivity contribution is 6.27. The second-order valence-electron chi connectivity index (χ2n) is 5.79. The summed E-state index contributed by atoms with van der Waals surface area (Å²) in [7, 11) is 0. The maximum atomic E-state index is 13.0. The Morgan fingerprint density at radius 2 is 1.61 bits per heavy atom. The summed E-state index contributed by atoms with van der Waals surface area (Å²) in [5.74, 6) is 0. The number of fused-ring (bicyclic) bond motifs is 5. The van der Waals surface area contributed by atoms with Crippen LogP contribution in [0.1, 0.15) is 17.5 Å². The van der Waals surface area contributed by atoms with E-state index in [1.165, 1.54) is 0 Å². The second kappa shape index (κ2) is 5.18. The van der Waals surface area contributed by atoms with Crippen molar-refractivity contribution < 1.29 is 0 Å². The molecular formula is C19H17N3O. The number of nitrogens with two attached hydrogens (primary N) is 1. The van der Waals surface area contributed by atoms with Crippen LogP contribution in [0.4, 0.5) is 0 Å². The number of aromatic nitrogens is 1. The van der Waals surface area contributed by atoms with Gasteiger partial charge in [-0.15, -0.1) is 0 Å². The molecule has 1 aromatic heterocycles. The molecule has 114 valence electrons. The number of pyridine rings is 1. The topological polar surface area (TPSA) is 71.9 Å². The number of rotatable bonds is 3. The van der Waals surface area contributed by atoms with Gasteiger partial charge in [-0.05, 0) is 24.4 Å². The van der Waals surface area contributed by atoms with Crippen LogP contribution >= 0.6 is 0 Å². The van der Waals surface area contributed by atoms with E-state index in [9.17, 15) is 4.79 Å². The van der Waals surface area contributed by atoms with Crippen molar-refractivity contribution in [2.75, 3.05) is 6.54 Å². The lowest BCUT2D eigenvalue weighted by atomic mass is 10.0. The molecule has 23 heavy (non-hydrogen) atoms. The van der Waals surface area contributed by atoms with Crippen LogP contribution in [0.5, 0.6) is 0 Å². The zero-order valence-electron chi connectivity index (χ0n) is 12.7. The molecule has 0 atom stereocenters. The van der Waals surface area contributed by atoms with Crippen molar-refractivity contribution >= 4 is 16.5 Å². The minimum Gasteiger partial charge on any atom is -0.330 e. The highest BCUT2D eigenvalue weighted by atomic mass is 16.1. The van der Waals surface area contributed by atoms with Gasteiger partial charge in [0.25, 0.3) is 5.56 Å². The third-order valence-corrected chi connectivity index (χ3v) is 4.47. The Kier molecular flexibility index (Phi) is 3.13. The molecule has 0 radical (unpaired) electrons. The van der Waals surface area contributed by atoms with Gasteiger partial charge in [0.05, 0.1) is 11.4 Å². The van der Waals surface area contributed by atoms with Crippen LogP contribution in [0.25, 0.3) is 22.0 Å². The van der Waals surface area contributed by atoms with Gasteiger partial charge < -0.3 is 10.3 Å². The average molecular weight is 303 g/mol. The zero-order chi connectivity index (χ0) is 16.0. The molecule has 2 aromatic carbocycles. The minimum absolute atomic E-state index is 0.00250. The highest BCUT2D eigenvalue weighted by Crippen LogP contribution is 2.38. The first-order chi connectivity index (χ1) is 11.2. The number of nitrogens with zero attached hydrogens (tertiary/aromatic N) is 1. The van der Waals surface area contributed by atoms with Crippen molar-refractivity contribution in [2.45, 2.75) is 13.0 Å². The Balaban J connectivity index is 2.16. The number of hydrogen-bond donors (Lipinski definition) is 2. The molecule has 0 spiro atoms. The van der Waals surface area contributed by atoms with E-state index in [4.69, 9.17) is 11.1 Å². The van der Waals surface area contributed by atoms with Crippen LogP contribution in [0.2, 0.25) is 0 Å². The average Bonchev–Trinajstić information content (AvgIpc) is 2.89. The summed E-state index contributed by atoms with van der Waals surface area (Å²) < 4.78 is 1.80. The number of benzene rings is 2. The standard InChI is InChI=1S/C19H17N3O/c20-10-5-11-22-18-14-8-3-2-7-13(14)17(21)16(18)12-6-1-4-9-15(12)19(22)23/h1-4,6-9,21H,5,10-11,20H2. The monoisotopic (exact) mass is 303 g/mol. The van der Waals surface area contributed by atoms with Crippen molar-refractivity contribution in [3.05, 3.63) is 70.0 Å². The Morgan fingerprint density at radius 3 is 2.35 bits per heavy atom. The third kappa shape index (κ3) is 1.88. The van der Waals surface area contributed by atoms with Crippen LogP contribution in [0, 0.1) is 5.41 Å². The molecule has 0 fully saturated rings. The minimum atomic E-state index is -0.00250. The SMILES string of the molecule is N=C1c2ccccc2-c2c1c1ccccc1c(=O)n2CCCN. The van der Waals surface area contributed by atoms with Gasteiger partial charge in [-0.1, -0.05) is 42.5 Å². The van der Waals surface area contributed by atoms with E-state index in [2.05, 4.69) is 0 Å². The molecule has 1 aliphatic rings. The lowest BCUT2D eigenvalue weighted by molar-refractivity contribution is 0.640. The van der Waals surface area contributed by atoms with E-state index < -0.39 is 0 Å².